The fourth-order valence-corrected chi connectivity index (χ4v) is 2.09. The van der Waals surface area contributed by atoms with E-state index < -0.39 is 11.9 Å². The van der Waals surface area contributed by atoms with E-state index >= 15 is 0 Å². The lowest BCUT2D eigenvalue weighted by atomic mass is 10.0. The van der Waals surface area contributed by atoms with E-state index in [1.807, 2.05) is 24.3 Å². The highest BCUT2D eigenvalue weighted by molar-refractivity contribution is 5.75. The van der Waals surface area contributed by atoms with E-state index in [4.69, 9.17) is 5.11 Å². The van der Waals surface area contributed by atoms with Gasteiger partial charge in [0.15, 0.2) is 0 Å². The lowest BCUT2D eigenvalue weighted by Gasteiger charge is -2.18. The Morgan fingerprint density at radius 3 is 2.31 bits per heavy atom. The molecular formula is C13H17NO2. The van der Waals surface area contributed by atoms with E-state index in [0.29, 0.717) is 0 Å². The van der Waals surface area contributed by atoms with Gasteiger partial charge < -0.3 is 10.0 Å². The minimum absolute atomic E-state index is 0.423. The predicted octanol–water partition coefficient (Wildman–Crippen LogP) is 2.47. The number of rotatable bonds is 3. The van der Waals surface area contributed by atoms with Gasteiger partial charge in [0.05, 0.1) is 5.92 Å². The van der Waals surface area contributed by atoms with Crippen LogP contribution in [0.3, 0.4) is 0 Å². The van der Waals surface area contributed by atoms with Gasteiger partial charge >= 0.3 is 5.97 Å². The van der Waals surface area contributed by atoms with Crippen molar-refractivity contribution < 1.29 is 9.90 Å². The van der Waals surface area contributed by atoms with Crippen molar-refractivity contribution >= 4 is 11.7 Å². The van der Waals surface area contributed by atoms with Crippen molar-refractivity contribution in [3.8, 4) is 0 Å². The van der Waals surface area contributed by atoms with Crippen LogP contribution in [0.25, 0.3) is 0 Å². The van der Waals surface area contributed by atoms with E-state index in [-0.39, 0.29) is 0 Å². The summed E-state index contributed by atoms with van der Waals surface area (Å²) >= 11 is 0. The SMILES string of the molecule is C[C@@H](C(=O)O)c1ccc(N2CCCC2)cc1. The topological polar surface area (TPSA) is 40.5 Å². The Bertz CT molecular complexity index is 366. The summed E-state index contributed by atoms with van der Waals surface area (Å²) in [4.78, 5) is 13.2. The van der Waals surface area contributed by atoms with Crippen molar-refractivity contribution in [2.75, 3.05) is 18.0 Å². The molecule has 1 fully saturated rings. The van der Waals surface area contributed by atoms with Crippen LogP contribution in [0.15, 0.2) is 24.3 Å². The highest BCUT2D eigenvalue weighted by Crippen LogP contribution is 2.23. The first-order chi connectivity index (χ1) is 7.68. The highest BCUT2D eigenvalue weighted by atomic mass is 16.4. The molecular weight excluding hydrogens is 202 g/mol. The zero-order chi connectivity index (χ0) is 11.5. The second-order valence-electron chi connectivity index (χ2n) is 4.35. The van der Waals surface area contributed by atoms with Gasteiger partial charge in [-0.2, -0.15) is 0 Å². The molecule has 1 N–H and O–H groups in total. The predicted molar refractivity (Wildman–Crippen MR) is 63.9 cm³/mol. The number of nitrogens with zero attached hydrogens (tertiary/aromatic N) is 1. The summed E-state index contributed by atoms with van der Waals surface area (Å²) in [6, 6.07) is 7.90. The van der Waals surface area contributed by atoms with Gasteiger partial charge in [0, 0.05) is 18.8 Å². The third-order valence-electron chi connectivity index (χ3n) is 3.23. The molecule has 1 aliphatic rings. The van der Waals surface area contributed by atoms with E-state index in [2.05, 4.69) is 4.90 Å². The molecule has 86 valence electrons. The molecule has 16 heavy (non-hydrogen) atoms. The van der Waals surface area contributed by atoms with E-state index in [1.54, 1.807) is 6.92 Å². The number of carboxylic acids is 1. The standard InChI is InChI=1S/C13H17NO2/c1-10(13(15)16)11-4-6-12(7-5-11)14-8-2-3-9-14/h4-7,10H,2-3,8-9H2,1H3,(H,15,16)/t10-/m1/s1. The third-order valence-corrected chi connectivity index (χ3v) is 3.23. The smallest absolute Gasteiger partial charge is 0.310 e. The summed E-state index contributed by atoms with van der Waals surface area (Å²) in [5.74, 6) is -1.19. The van der Waals surface area contributed by atoms with Crippen LogP contribution in [-0.2, 0) is 4.79 Å². The quantitative estimate of drug-likeness (QED) is 0.849. The van der Waals surface area contributed by atoms with Gasteiger partial charge in [0.1, 0.15) is 0 Å². The second-order valence-corrected chi connectivity index (χ2v) is 4.35. The Balaban J connectivity index is 2.12. The molecule has 2 rings (SSSR count). The molecule has 0 bridgehead atoms. The van der Waals surface area contributed by atoms with Crippen molar-refractivity contribution in [3.63, 3.8) is 0 Å². The molecule has 0 amide bonds. The Morgan fingerprint density at radius 2 is 1.81 bits per heavy atom. The summed E-state index contributed by atoms with van der Waals surface area (Å²) in [6.07, 6.45) is 2.51. The molecule has 1 saturated heterocycles. The minimum Gasteiger partial charge on any atom is -0.481 e. The number of hydrogen-bond donors (Lipinski definition) is 1. The fourth-order valence-electron chi connectivity index (χ4n) is 2.09. The molecule has 0 spiro atoms. The molecule has 1 atom stereocenters. The maximum absolute atomic E-state index is 10.8. The summed E-state index contributed by atoms with van der Waals surface area (Å²) < 4.78 is 0. The van der Waals surface area contributed by atoms with Crippen LogP contribution in [0.5, 0.6) is 0 Å². The molecule has 3 heteroatoms. The third kappa shape index (κ3) is 2.18. The monoisotopic (exact) mass is 219 g/mol. The summed E-state index contributed by atoms with van der Waals surface area (Å²) in [6.45, 7) is 3.95. The second kappa shape index (κ2) is 4.56. The summed E-state index contributed by atoms with van der Waals surface area (Å²) in [7, 11) is 0. The molecule has 1 heterocycles. The van der Waals surface area contributed by atoms with Crippen LogP contribution in [0.1, 0.15) is 31.2 Å². The Labute approximate surface area is 95.7 Å². The average Bonchev–Trinajstić information content (AvgIpc) is 2.81. The van der Waals surface area contributed by atoms with Gasteiger partial charge in [0.2, 0.25) is 0 Å². The summed E-state index contributed by atoms with van der Waals surface area (Å²) in [5, 5.41) is 8.91. The van der Waals surface area contributed by atoms with E-state index in [0.717, 1.165) is 18.7 Å². The Kier molecular flexibility index (Phi) is 3.13. The molecule has 0 aliphatic carbocycles. The molecule has 1 aromatic carbocycles. The minimum atomic E-state index is -0.770. The van der Waals surface area contributed by atoms with Crippen LogP contribution in [0.2, 0.25) is 0 Å². The zero-order valence-corrected chi connectivity index (χ0v) is 9.52. The van der Waals surface area contributed by atoms with Gasteiger partial charge in [-0.25, -0.2) is 0 Å². The number of carboxylic acid groups (broad SMARTS) is 1. The van der Waals surface area contributed by atoms with Gasteiger partial charge in [-0.1, -0.05) is 12.1 Å². The van der Waals surface area contributed by atoms with Crippen LogP contribution in [-0.4, -0.2) is 24.2 Å². The molecule has 0 saturated carbocycles. The zero-order valence-electron chi connectivity index (χ0n) is 9.52. The Morgan fingerprint density at radius 1 is 1.25 bits per heavy atom. The number of benzene rings is 1. The molecule has 0 unspecified atom stereocenters. The van der Waals surface area contributed by atoms with Crippen LogP contribution >= 0.6 is 0 Å². The maximum Gasteiger partial charge on any atom is 0.310 e. The first kappa shape index (κ1) is 11.0. The Hall–Kier alpha value is -1.51. The van der Waals surface area contributed by atoms with Crippen molar-refractivity contribution in [1.29, 1.82) is 0 Å². The van der Waals surface area contributed by atoms with Gasteiger partial charge in [0.25, 0.3) is 0 Å². The maximum atomic E-state index is 10.8. The number of aliphatic carboxylic acids is 1. The van der Waals surface area contributed by atoms with E-state index in [1.165, 1.54) is 18.5 Å². The van der Waals surface area contributed by atoms with Crippen molar-refractivity contribution in [2.24, 2.45) is 0 Å². The number of anilines is 1. The lowest BCUT2D eigenvalue weighted by Crippen LogP contribution is -2.17. The van der Waals surface area contributed by atoms with Crippen LogP contribution < -0.4 is 4.90 Å². The average molecular weight is 219 g/mol. The number of carbonyl (C=O) groups is 1. The van der Waals surface area contributed by atoms with Crippen LogP contribution in [0.4, 0.5) is 5.69 Å². The van der Waals surface area contributed by atoms with Gasteiger partial charge in [-0.05, 0) is 37.5 Å². The molecule has 0 aromatic heterocycles. The van der Waals surface area contributed by atoms with Gasteiger partial charge in [-0.15, -0.1) is 0 Å². The highest BCUT2D eigenvalue weighted by Gasteiger charge is 2.15. The van der Waals surface area contributed by atoms with Crippen molar-refractivity contribution in [1.82, 2.24) is 0 Å². The van der Waals surface area contributed by atoms with Crippen molar-refractivity contribution in [3.05, 3.63) is 29.8 Å². The molecule has 0 radical (unpaired) electrons. The first-order valence-corrected chi connectivity index (χ1v) is 5.76. The molecule has 3 nitrogen and oxygen atoms in total. The first-order valence-electron chi connectivity index (χ1n) is 5.76. The molecule has 1 aliphatic heterocycles. The van der Waals surface area contributed by atoms with Crippen molar-refractivity contribution in [2.45, 2.75) is 25.7 Å². The van der Waals surface area contributed by atoms with Crippen LogP contribution in [0, 0.1) is 0 Å². The lowest BCUT2D eigenvalue weighted by molar-refractivity contribution is -0.138. The summed E-state index contributed by atoms with van der Waals surface area (Å²) in [5.41, 5.74) is 2.08. The molecule has 1 aromatic rings. The largest absolute Gasteiger partial charge is 0.481 e. The fraction of sp³-hybridized carbons (Fsp3) is 0.462. The van der Waals surface area contributed by atoms with Gasteiger partial charge in [-0.3, -0.25) is 4.79 Å². The number of hydrogen-bond acceptors (Lipinski definition) is 2. The van der Waals surface area contributed by atoms with E-state index in [9.17, 15) is 4.79 Å². The normalized spacial score (nSPS) is 17.4.